The number of benzene rings is 1. The Labute approximate surface area is 173 Å². The van der Waals surface area contributed by atoms with Crippen molar-refractivity contribution in [1.82, 2.24) is 15.4 Å². The van der Waals surface area contributed by atoms with Crippen LogP contribution in [0.1, 0.15) is 26.3 Å². The molecule has 0 amide bonds. The van der Waals surface area contributed by atoms with Gasteiger partial charge in [0.05, 0.1) is 12.8 Å². The molecule has 1 aromatic carbocycles. The van der Waals surface area contributed by atoms with Gasteiger partial charge in [-0.25, -0.2) is 13.1 Å². The standard InChI is InChI=1S/C16H27ClN4O2S.HI/c1-5-18-15(20-12-16(2,3)21-24(4,22)23)19-10-9-13-7-6-8-14(17)11-13;/h6-8,11,21H,5,9-10,12H2,1-4H3,(H2,18,19,20);1H. The number of rotatable bonds is 8. The van der Waals surface area contributed by atoms with Crippen molar-refractivity contribution in [3.63, 3.8) is 0 Å². The van der Waals surface area contributed by atoms with Crippen LogP contribution in [0.2, 0.25) is 5.02 Å². The maximum absolute atomic E-state index is 11.4. The van der Waals surface area contributed by atoms with Crippen LogP contribution in [0.25, 0.3) is 0 Å². The maximum atomic E-state index is 11.4. The molecule has 0 aromatic heterocycles. The molecule has 0 heterocycles. The monoisotopic (exact) mass is 502 g/mol. The molecule has 0 unspecified atom stereocenters. The molecule has 0 radical (unpaired) electrons. The van der Waals surface area contributed by atoms with Gasteiger partial charge in [0.15, 0.2) is 5.96 Å². The molecule has 0 bridgehead atoms. The predicted molar refractivity (Wildman–Crippen MR) is 117 cm³/mol. The molecule has 3 N–H and O–H groups in total. The highest BCUT2D eigenvalue weighted by Crippen LogP contribution is 2.10. The van der Waals surface area contributed by atoms with Crippen molar-refractivity contribution < 1.29 is 8.42 Å². The molecule has 0 atom stereocenters. The van der Waals surface area contributed by atoms with E-state index in [1.165, 1.54) is 0 Å². The Morgan fingerprint density at radius 3 is 2.52 bits per heavy atom. The van der Waals surface area contributed by atoms with Crippen LogP contribution in [0.4, 0.5) is 0 Å². The van der Waals surface area contributed by atoms with Crippen molar-refractivity contribution in [1.29, 1.82) is 0 Å². The van der Waals surface area contributed by atoms with Gasteiger partial charge in [-0.3, -0.25) is 4.99 Å². The lowest BCUT2D eigenvalue weighted by molar-refractivity contribution is 0.464. The largest absolute Gasteiger partial charge is 0.357 e. The Morgan fingerprint density at radius 2 is 1.96 bits per heavy atom. The molecule has 0 aliphatic rings. The first kappa shape index (κ1) is 24.4. The number of aliphatic imine (C=N–C) groups is 1. The van der Waals surface area contributed by atoms with Crippen molar-refractivity contribution in [3.8, 4) is 0 Å². The summed E-state index contributed by atoms with van der Waals surface area (Å²) < 4.78 is 25.3. The Hall–Kier alpha value is -0.580. The topological polar surface area (TPSA) is 82.6 Å². The first-order valence-electron chi connectivity index (χ1n) is 7.87. The summed E-state index contributed by atoms with van der Waals surface area (Å²) in [6.07, 6.45) is 1.96. The van der Waals surface area contributed by atoms with Gasteiger partial charge in [0.25, 0.3) is 0 Å². The van der Waals surface area contributed by atoms with Gasteiger partial charge in [-0.15, -0.1) is 24.0 Å². The van der Waals surface area contributed by atoms with E-state index < -0.39 is 15.6 Å². The van der Waals surface area contributed by atoms with E-state index in [1.807, 2.05) is 31.2 Å². The molecule has 9 heteroatoms. The zero-order valence-corrected chi connectivity index (χ0v) is 19.0. The van der Waals surface area contributed by atoms with Crippen LogP contribution in [0, 0.1) is 0 Å². The fourth-order valence-corrected chi connectivity index (χ4v) is 3.45. The van der Waals surface area contributed by atoms with Gasteiger partial charge in [-0.2, -0.15) is 0 Å². The average Bonchev–Trinajstić information content (AvgIpc) is 2.42. The third-order valence-corrected chi connectivity index (χ3v) is 4.19. The minimum atomic E-state index is -3.27. The summed E-state index contributed by atoms with van der Waals surface area (Å²) in [6, 6.07) is 7.74. The van der Waals surface area contributed by atoms with Crippen molar-refractivity contribution in [2.45, 2.75) is 32.7 Å². The molecule has 0 fully saturated rings. The van der Waals surface area contributed by atoms with Gasteiger partial charge in [0, 0.05) is 23.7 Å². The number of sulfonamides is 1. The van der Waals surface area contributed by atoms with Crippen LogP contribution in [0.5, 0.6) is 0 Å². The molecule has 1 aromatic rings. The maximum Gasteiger partial charge on any atom is 0.209 e. The Balaban J connectivity index is 0.00000576. The lowest BCUT2D eigenvalue weighted by Crippen LogP contribution is -2.47. The molecule has 0 spiro atoms. The Kier molecular flexibility index (Phi) is 10.9. The summed E-state index contributed by atoms with van der Waals surface area (Å²) in [4.78, 5) is 4.46. The SMILES string of the molecule is CCNC(=NCC(C)(C)NS(C)(=O)=O)NCCc1cccc(Cl)c1.I. The van der Waals surface area contributed by atoms with E-state index >= 15 is 0 Å². The summed E-state index contributed by atoms with van der Waals surface area (Å²) in [5.74, 6) is 0.655. The zero-order chi connectivity index (χ0) is 18.2. The van der Waals surface area contributed by atoms with Crippen LogP contribution < -0.4 is 15.4 Å². The van der Waals surface area contributed by atoms with E-state index in [1.54, 1.807) is 13.8 Å². The number of hydrogen-bond donors (Lipinski definition) is 3. The van der Waals surface area contributed by atoms with Gasteiger partial charge >= 0.3 is 0 Å². The van der Waals surface area contributed by atoms with Gasteiger partial charge in [-0.1, -0.05) is 23.7 Å². The summed E-state index contributed by atoms with van der Waals surface area (Å²) in [6.45, 7) is 7.33. The normalized spacial score (nSPS) is 12.4. The molecule has 6 nitrogen and oxygen atoms in total. The van der Waals surface area contributed by atoms with Gasteiger partial charge < -0.3 is 10.6 Å². The molecule has 0 saturated heterocycles. The molecule has 144 valence electrons. The molecule has 0 aliphatic heterocycles. The van der Waals surface area contributed by atoms with E-state index in [4.69, 9.17) is 11.6 Å². The van der Waals surface area contributed by atoms with Gasteiger partial charge in [-0.05, 0) is 44.9 Å². The van der Waals surface area contributed by atoms with E-state index in [2.05, 4.69) is 20.3 Å². The third kappa shape index (κ3) is 11.6. The Bertz CT molecular complexity index is 666. The molecule has 25 heavy (non-hydrogen) atoms. The molecule has 0 saturated carbocycles. The quantitative estimate of drug-likeness (QED) is 0.290. The minimum absolute atomic E-state index is 0. The number of nitrogens with zero attached hydrogens (tertiary/aromatic N) is 1. The summed E-state index contributed by atoms with van der Waals surface area (Å²) in [7, 11) is -3.27. The van der Waals surface area contributed by atoms with Crippen LogP contribution >= 0.6 is 35.6 Å². The van der Waals surface area contributed by atoms with E-state index in [-0.39, 0.29) is 24.0 Å². The Morgan fingerprint density at radius 1 is 1.28 bits per heavy atom. The fraction of sp³-hybridized carbons (Fsp3) is 0.562. The highest BCUT2D eigenvalue weighted by Gasteiger charge is 2.21. The highest BCUT2D eigenvalue weighted by molar-refractivity contribution is 14.0. The number of halogens is 2. The van der Waals surface area contributed by atoms with Crippen molar-refractivity contribution in [3.05, 3.63) is 34.9 Å². The number of hydrogen-bond acceptors (Lipinski definition) is 3. The van der Waals surface area contributed by atoms with Crippen molar-refractivity contribution in [2.75, 3.05) is 25.9 Å². The predicted octanol–water partition coefficient (Wildman–Crippen LogP) is 2.38. The minimum Gasteiger partial charge on any atom is -0.357 e. The first-order chi connectivity index (χ1) is 11.1. The van der Waals surface area contributed by atoms with E-state index in [0.717, 1.165) is 29.8 Å². The van der Waals surface area contributed by atoms with Gasteiger partial charge in [0.2, 0.25) is 10.0 Å². The van der Waals surface area contributed by atoms with Crippen molar-refractivity contribution >= 4 is 51.6 Å². The molecule has 1 rings (SSSR count). The molecular formula is C16H28ClIN4O2S. The highest BCUT2D eigenvalue weighted by atomic mass is 127. The molecular weight excluding hydrogens is 475 g/mol. The second kappa shape index (κ2) is 11.2. The number of guanidine groups is 1. The number of nitrogens with one attached hydrogen (secondary N) is 3. The second-order valence-electron chi connectivity index (χ2n) is 6.26. The third-order valence-electron chi connectivity index (χ3n) is 3.03. The van der Waals surface area contributed by atoms with Crippen molar-refractivity contribution in [2.24, 2.45) is 4.99 Å². The fourth-order valence-electron chi connectivity index (χ4n) is 2.17. The molecule has 0 aliphatic carbocycles. The van der Waals surface area contributed by atoms with Crippen LogP contribution in [0.15, 0.2) is 29.3 Å². The summed E-state index contributed by atoms with van der Waals surface area (Å²) in [5.41, 5.74) is 0.494. The van der Waals surface area contributed by atoms with Crippen LogP contribution in [-0.2, 0) is 16.4 Å². The zero-order valence-electron chi connectivity index (χ0n) is 15.1. The second-order valence-corrected chi connectivity index (χ2v) is 8.44. The first-order valence-corrected chi connectivity index (χ1v) is 10.1. The van der Waals surface area contributed by atoms with Gasteiger partial charge in [0.1, 0.15) is 0 Å². The lowest BCUT2D eigenvalue weighted by Gasteiger charge is -2.23. The van der Waals surface area contributed by atoms with E-state index in [9.17, 15) is 8.42 Å². The van der Waals surface area contributed by atoms with E-state index in [0.29, 0.717) is 19.0 Å². The smallest absolute Gasteiger partial charge is 0.209 e. The van der Waals surface area contributed by atoms with Crippen LogP contribution in [-0.4, -0.2) is 45.8 Å². The van der Waals surface area contributed by atoms with Crippen LogP contribution in [0.3, 0.4) is 0 Å². The summed E-state index contributed by atoms with van der Waals surface area (Å²) in [5, 5.41) is 7.12. The average molecular weight is 503 g/mol. The summed E-state index contributed by atoms with van der Waals surface area (Å²) >= 11 is 5.98. The lowest BCUT2D eigenvalue weighted by atomic mass is 10.1.